The fourth-order valence-corrected chi connectivity index (χ4v) is 2.31. The zero-order valence-corrected chi connectivity index (χ0v) is 14.4. The Bertz CT molecular complexity index is 622. The van der Waals surface area contributed by atoms with Crippen molar-refractivity contribution in [3.63, 3.8) is 0 Å². The van der Waals surface area contributed by atoms with E-state index < -0.39 is 0 Å². The van der Waals surface area contributed by atoms with Gasteiger partial charge in [0.1, 0.15) is 5.82 Å². The Morgan fingerprint density at radius 3 is 2.65 bits per heavy atom. The van der Waals surface area contributed by atoms with Gasteiger partial charge in [-0.3, -0.25) is 0 Å². The van der Waals surface area contributed by atoms with Crippen molar-refractivity contribution >= 4 is 17.5 Å². The maximum absolute atomic E-state index is 5.03. The molecular weight excluding hydrogens is 288 g/mol. The summed E-state index contributed by atoms with van der Waals surface area (Å²) >= 11 is 0. The maximum atomic E-state index is 5.03. The smallest absolute Gasteiger partial charge is 0.224 e. The number of hydrogen-bond donors (Lipinski definition) is 2. The summed E-state index contributed by atoms with van der Waals surface area (Å²) in [6.07, 6.45) is 2.68. The molecule has 2 N–H and O–H groups in total. The lowest BCUT2D eigenvalue weighted by Gasteiger charge is -2.23. The highest BCUT2D eigenvalue weighted by Gasteiger charge is 2.17. The fourth-order valence-electron chi connectivity index (χ4n) is 2.31. The van der Waals surface area contributed by atoms with Crippen molar-refractivity contribution in [2.75, 3.05) is 30.9 Å². The Morgan fingerprint density at radius 2 is 1.91 bits per heavy atom. The van der Waals surface area contributed by atoms with Crippen LogP contribution in [0.25, 0.3) is 0 Å². The molecule has 0 radical (unpaired) electrons. The van der Waals surface area contributed by atoms with Gasteiger partial charge in [-0.1, -0.05) is 39.0 Å². The second-order valence-corrected chi connectivity index (χ2v) is 6.46. The summed E-state index contributed by atoms with van der Waals surface area (Å²) in [4.78, 5) is 8.76. The normalized spacial score (nSPS) is 11.3. The van der Waals surface area contributed by atoms with Crippen molar-refractivity contribution in [1.29, 1.82) is 0 Å². The van der Waals surface area contributed by atoms with Crippen LogP contribution in [0.15, 0.2) is 36.5 Å². The number of methoxy groups -OCH3 is 1. The summed E-state index contributed by atoms with van der Waals surface area (Å²) in [7, 11) is 1.70. The molecule has 1 aromatic carbocycles. The van der Waals surface area contributed by atoms with Gasteiger partial charge in [-0.2, -0.15) is 4.98 Å². The Labute approximate surface area is 138 Å². The van der Waals surface area contributed by atoms with Gasteiger partial charge in [0.25, 0.3) is 0 Å². The summed E-state index contributed by atoms with van der Waals surface area (Å²) in [5.41, 5.74) is 2.40. The van der Waals surface area contributed by atoms with Crippen LogP contribution in [0.1, 0.15) is 32.8 Å². The minimum Gasteiger partial charge on any atom is -0.385 e. The number of aromatic nitrogens is 2. The van der Waals surface area contributed by atoms with Crippen molar-refractivity contribution in [2.45, 2.75) is 32.6 Å². The van der Waals surface area contributed by atoms with Crippen molar-refractivity contribution in [1.82, 2.24) is 9.97 Å². The van der Waals surface area contributed by atoms with Gasteiger partial charge in [0.15, 0.2) is 0 Å². The zero-order valence-electron chi connectivity index (χ0n) is 14.4. The van der Waals surface area contributed by atoms with Crippen LogP contribution in [-0.4, -0.2) is 30.2 Å². The number of benzene rings is 1. The lowest BCUT2D eigenvalue weighted by molar-refractivity contribution is 0.197. The van der Waals surface area contributed by atoms with E-state index in [1.165, 1.54) is 5.56 Å². The van der Waals surface area contributed by atoms with Gasteiger partial charge in [-0.15, -0.1) is 0 Å². The van der Waals surface area contributed by atoms with Gasteiger partial charge in [-0.05, 0) is 29.5 Å². The largest absolute Gasteiger partial charge is 0.385 e. The number of hydrogen-bond acceptors (Lipinski definition) is 5. The molecule has 0 atom stereocenters. The first kappa shape index (κ1) is 17.2. The summed E-state index contributed by atoms with van der Waals surface area (Å²) in [5, 5.41) is 6.61. The molecule has 0 bridgehead atoms. The molecule has 0 fully saturated rings. The molecule has 0 unspecified atom stereocenters. The van der Waals surface area contributed by atoms with Crippen LogP contribution in [-0.2, 0) is 10.2 Å². The topological polar surface area (TPSA) is 59.1 Å². The monoisotopic (exact) mass is 314 g/mol. The maximum Gasteiger partial charge on any atom is 0.224 e. The molecule has 2 aromatic rings. The van der Waals surface area contributed by atoms with E-state index in [1.807, 2.05) is 12.1 Å². The number of para-hydroxylation sites is 1. The van der Waals surface area contributed by atoms with Crippen LogP contribution < -0.4 is 10.6 Å². The van der Waals surface area contributed by atoms with Gasteiger partial charge < -0.3 is 15.4 Å². The molecule has 23 heavy (non-hydrogen) atoms. The third kappa shape index (κ3) is 5.21. The van der Waals surface area contributed by atoms with E-state index in [9.17, 15) is 0 Å². The van der Waals surface area contributed by atoms with Gasteiger partial charge >= 0.3 is 0 Å². The van der Waals surface area contributed by atoms with Crippen molar-refractivity contribution in [2.24, 2.45) is 0 Å². The number of nitrogens with one attached hydrogen (secondary N) is 2. The van der Waals surface area contributed by atoms with E-state index in [4.69, 9.17) is 4.74 Å². The molecule has 124 valence electrons. The third-order valence-electron chi connectivity index (χ3n) is 3.46. The van der Waals surface area contributed by atoms with Crippen LogP contribution in [0.5, 0.6) is 0 Å². The highest BCUT2D eigenvalue weighted by molar-refractivity contribution is 5.62. The summed E-state index contributed by atoms with van der Waals surface area (Å²) in [6, 6.07) is 10.2. The number of rotatable bonds is 7. The van der Waals surface area contributed by atoms with E-state index in [2.05, 4.69) is 59.6 Å². The quantitative estimate of drug-likeness (QED) is 0.757. The molecule has 0 aliphatic carbocycles. The molecule has 1 aromatic heterocycles. The molecule has 0 aliphatic heterocycles. The van der Waals surface area contributed by atoms with Crippen molar-refractivity contribution < 1.29 is 4.74 Å². The highest BCUT2D eigenvalue weighted by Crippen LogP contribution is 2.30. The van der Waals surface area contributed by atoms with Gasteiger partial charge in [0.05, 0.1) is 0 Å². The number of anilines is 3. The minimum absolute atomic E-state index is 0.0673. The molecule has 0 amide bonds. The Kier molecular flexibility index (Phi) is 5.93. The molecule has 0 saturated heterocycles. The first-order valence-corrected chi connectivity index (χ1v) is 7.93. The van der Waals surface area contributed by atoms with E-state index in [1.54, 1.807) is 13.3 Å². The predicted molar refractivity (Wildman–Crippen MR) is 95.4 cm³/mol. The van der Waals surface area contributed by atoms with Gasteiger partial charge in [0.2, 0.25) is 5.95 Å². The SMILES string of the molecule is COCCCNc1nccc(Nc2ccccc2C(C)(C)C)n1. The zero-order chi connectivity index (χ0) is 16.7. The molecule has 0 saturated carbocycles. The van der Waals surface area contributed by atoms with Crippen molar-refractivity contribution in [3.8, 4) is 0 Å². The fraction of sp³-hybridized carbons (Fsp3) is 0.444. The van der Waals surface area contributed by atoms with Crippen LogP contribution >= 0.6 is 0 Å². The molecule has 0 spiro atoms. The second-order valence-electron chi connectivity index (χ2n) is 6.46. The number of ether oxygens (including phenoxy) is 1. The minimum atomic E-state index is 0.0673. The van der Waals surface area contributed by atoms with Crippen molar-refractivity contribution in [3.05, 3.63) is 42.1 Å². The van der Waals surface area contributed by atoms with E-state index in [-0.39, 0.29) is 5.41 Å². The first-order valence-electron chi connectivity index (χ1n) is 7.93. The second kappa shape index (κ2) is 7.92. The van der Waals surface area contributed by atoms with Crippen LogP contribution in [0, 0.1) is 0 Å². The lowest BCUT2D eigenvalue weighted by Crippen LogP contribution is -2.14. The Morgan fingerprint density at radius 1 is 1.13 bits per heavy atom. The standard InChI is InChI=1S/C18H26N4O/c1-18(2,3)14-8-5-6-9-15(14)21-16-10-12-20-17(22-16)19-11-7-13-23-4/h5-6,8-10,12H,7,11,13H2,1-4H3,(H2,19,20,21,22). The summed E-state index contributed by atoms with van der Waals surface area (Å²) < 4.78 is 5.03. The van der Waals surface area contributed by atoms with E-state index in [0.717, 1.165) is 31.1 Å². The molecule has 2 rings (SSSR count). The molecular formula is C18H26N4O. The first-order chi connectivity index (χ1) is 11.0. The Hall–Kier alpha value is -2.14. The highest BCUT2D eigenvalue weighted by atomic mass is 16.5. The van der Waals surface area contributed by atoms with Crippen LogP contribution in [0.2, 0.25) is 0 Å². The Balaban J connectivity index is 2.09. The average molecular weight is 314 g/mol. The average Bonchev–Trinajstić information content (AvgIpc) is 2.51. The lowest BCUT2D eigenvalue weighted by atomic mass is 9.86. The van der Waals surface area contributed by atoms with Gasteiger partial charge in [0, 0.05) is 32.1 Å². The molecule has 5 nitrogen and oxygen atoms in total. The molecule has 0 aliphatic rings. The van der Waals surface area contributed by atoms with E-state index in [0.29, 0.717) is 5.95 Å². The molecule has 5 heteroatoms. The predicted octanol–water partition coefficient (Wildman–Crippen LogP) is 3.97. The number of nitrogens with zero attached hydrogens (tertiary/aromatic N) is 2. The summed E-state index contributed by atoms with van der Waals surface area (Å²) in [5.74, 6) is 1.41. The van der Waals surface area contributed by atoms with E-state index >= 15 is 0 Å². The third-order valence-corrected chi connectivity index (χ3v) is 3.46. The molecule has 1 heterocycles. The van der Waals surface area contributed by atoms with Crippen LogP contribution in [0.3, 0.4) is 0 Å². The van der Waals surface area contributed by atoms with Crippen LogP contribution in [0.4, 0.5) is 17.5 Å². The summed E-state index contributed by atoms with van der Waals surface area (Å²) in [6.45, 7) is 8.13. The van der Waals surface area contributed by atoms with Gasteiger partial charge in [-0.25, -0.2) is 4.98 Å².